The molecule has 0 aliphatic heterocycles. The van der Waals surface area contributed by atoms with Gasteiger partial charge in [0, 0.05) is 25.1 Å². The Hall–Kier alpha value is -1.36. The van der Waals surface area contributed by atoms with Gasteiger partial charge in [-0.1, -0.05) is 13.3 Å². The van der Waals surface area contributed by atoms with Crippen LogP contribution in [0.1, 0.15) is 44.3 Å². The van der Waals surface area contributed by atoms with Gasteiger partial charge in [0.1, 0.15) is 11.6 Å². The van der Waals surface area contributed by atoms with E-state index in [1.54, 1.807) is 0 Å². The van der Waals surface area contributed by atoms with E-state index in [0.717, 1.165) is 38.1 Å². The highest BCUT2D eigenvalue weighted by atomic mass is 16.3. The first kappa shape index (κ1) is 13.1. The average Bonchev–Trinajstić information content (AvgIpc) is 3.18. The van der Waals surface area contributed by atoms with Crippen molar-refractivity contribution >= 4 is 5.82 Å². The molecule has 3 N–H and O–H groups in total. The summed E-state index contributed by atoms with van der Waals surface area (Å²) in [5.41, 5.74) is -0.0930. The fourth-order valence-corrected chi connectivity index (χ4v) is 2.00. The molecule has 1 aromatic heterocycles. The number of hydrogen-bond acceptors (Lipinski definition) is 4. The smallest absolute Gasteiger partial charge is 0.252 e. The fourth-order valence-electron chi connectivity index (χ4n) is 2.00. The summed E-state index contributed by atoms with van der Waals surface area (Å²) in [7, 11) is 0. The monoisotopic (exact) mass is 251 g/mol. The Bertz CT molecular complexity index is 440. The van der Waals surface area contributed by atoms with E-state index in [1.165, 1.54) is 6.07 Å². The molecule has 1 aromatic rings. The van der Waals surface area contributed by atoms with Crippen LogP contribution in [0.5, 0.6) is 0 Å². The Morgan fingerprint density at radius 1 is 1.61 bits per heavy atom. The van der Waals surface area contributed by atoms with Crippen molar-refractivity contribution in [2.45, 2.75) is 38.5 Å². The number of aromatic nitrogens is 2. The molecule has 18 heavy (non-hydrogen) atoms. The molecule has 2 rings (SSSR count). The molecule has 1 unspecified atom stereocenters. The predicted molar refractivity (Wildman–Crippen MR) is 70.8 cm³/mol. The average molecular weight is 251 g/mol. The zero-order chi connectivity index (χ0) is 13.0. The highest BCUT2D eigenvalue weighted by Crippen LogP contribution is 2.37. The molecule has 0 radical (unpaired) electrons. The Labute approximate surface area is 107 Å². The minimum Gasteiger partial charge on any atom is -0.396 e. The minimum absolute atomic E-state index is 0.0930. The Morgan fingerprint density at radius 2 is 2.39 bits per heavy atom. The molecule has 0 bridgehead atoms. The summed E-state index contributed by atoms with van der Waals surface area (Å²) >= 11 is 0. The van der Waals surface area contributed by atoms with Gasteiger partial charge in [0.05, 0.1) is 0 Å². The van der Waals surface area contributed by atoms with Crippen molar-refractivity contribution in [3.05, 3.63) is 22.2 Å². The van der Waals surface area contributed by atoms with E-state index in [4.69, 9.17) is 5.11 Å². The van der Waals surface area contributed by atoms with Crippen LogP contribution >= 0.6 is 0 Å². The molecule has 0 spiro atoms. The number of hydrogen-bond donors (Lipinski definition) is 3. The van der Waals surface area contributed by atoms with E-state index < -0.39 is 0 Å². The van der Waals surface area contributed by atoms with Crippen LogP contribution in [0, 0.1) is 5.92 Å². The Kier molecular flexibility index (Phi) is 4.36. The Balaban J connectivity index is 1.97. The summed E-state index contributed by atoms with van der Waals surface area (Å²) < 4.78 is 0. The van der Waals surface area contributed by atoms with E-state index in [0.29, 0.717) is 17.7 Å². The first-order chi connectivity index (χ1) is 8.72. The standard InChI is InChI=1S/C13H21N3O2/c1-2-9(5-6-17)8-14-11-7-12(18)16-13(15-11)10-3-4-10/h7,9-10,17H,2-6,8H2,1H3,(H2,14,15,16,18). The summed E-state index contributed by atoms with van der Waals surface area (Å²) in [6.07, 6.45) is 4.03. The number of nitrogens with zero attached hydrogens (tertiary/aromatic N) is 1. The molecule has 1 saturated carbocycles. The van der Waals surface area contributed by atoms with Gasteiger partial charge < -0.3 is 15.4 Å². The number of aliphatic hydroxyl groups excluding tert-OH is 1. The summed E-state index contributed by atoms with van der Waals surface area (Å²) in [5, 5.41) is 12.1. The third-order valence-corrected chi connectivity index (χ3v) is 3.41. The third kappa shape index (κ3) is 3.57. The molecule has 1 aliphatic carbocycles. The molecular weight excluding hydrogens is 230 g/mol. The lowest BCUT2D eigenvalue weighted by Gasteiger charge is -2.14. The second-order valence-corrected chi connectivity index (χ2v) is 4.96. The SMILES string of the molecule is CCC(CCO)CNc1cc(=O)[nH]c(C2CC2)n1. The van der Waals surface area contributed by atoms with E-state index >= 15 is 0 Å². The lowest BCUT2D eigenvalue weighted by atomic mass is 10.0. The number of rotatable bonds is 7. The maximum absolute atomic E-state index is 11.5. The highest BCUT2D eigenvalue weighted by Gasteiger charge is 2.26. The van der Waals surface area contributed by atoms with Crippen molar-refractivity contribution in [2.24, 2.45) is 5.92 Å². The van der Waals surface area contributed by atoms with Gasteiger partial charge in [-0.3, -0.25) is 4.79 Å². The Morgan fingerprint density at radius 3 is 3.00 bits per heavy atom. The molecular formula is C13H21N3O2. The van der Waals surface area contributed by atoms with Crippen LogP contribution in [0.15, 0.2) is 10.9 Å². The fraction of sp³-hybridized carbons (Fsp3) is 0.692. The van der Waals surface area contributed by atoms with E-state index in [2.05, 4.69) is 22.2 Å². The van der Waals surface area contributed by atoms with Gasteiger partial charge in [-0.05, 0) is 25.2 Å². The minimum atomic E-state index is -0.0930. The lowest BCUT2D eigenvalue weighted by molar-refractivity contribution is 0.258. The molecule has 0 aromatic carbocycles. The van der Waals surface area contributed by atoms with Crippen molar-refractivity contribution in [3.8, 4) is 0 Å². The van der Waals surface area contributed by atoms with Crippen LogP contribution in [0.25, 0.3) is 0 Å². The van der Waals surface area contributed by atoms with Crippen LogP contribution in [-0.2, 0) is 0 Å². The summed E-state index contributed by atoms with van der Waals surface area (Å²) in [5.74, 6) is 2.32. The second-order valence-electron chi connectivity index (χ2n) is 4.96. The molecule has 1 fully saturated rings. The van der Waals surface area contributed by atoms with Crippen molar-refractivity contribution in [3.63, 3.8) is 0 Å². The van der Waals surface area contributed by atoms with Crippen LogP contribution < -0.4 is 10.9 Å². The topological polar surface area (TPSA) is 78.0 Å². The maximum atomic E-state index is 11.5. The second kappa shape index (κ2) is 6.00. The maximum Gasteiger partial charge on any atom is 0.252 e. The molecule has 5 nitrogen and oxygen atoms in total. The predicted octanol–water partition coefficient (Wildman–Crippen LogP) is 1.47. The van der Waals surface area contributed by atoms with Crippen molar-refractivity contribution in [2.75, 3.05) is 18.5 Å². The summed E-state index contributed by atoms with van der Waals surface area (Å²) in [4.78, 5) is 18.7. The van der Waals surface area contributed by atoms with Gasteiger partial charge >= 0.3 is 0 Å². The van der Waals surface area contributed by atoms with Gasteiger partial charge in [-0.25, -0.2) is 4.98 Å². The van der Waals surface area contributed by atoms with Gasteiger partial charge in [-0.15, -0.1) is 0 Å². The number of aromatic amines is 1. The van der Waals surface area contributed by atoms with Gasteiger partial charge in [0.25, 0.3) is 5.56 Å². The number of H-pyrrole nitrogens is 1. The number of nitrogens with one attached hydrogen (secondary N) is 2. The zero-order valence-corrected chi connectivity index (χ0v) is 10.8. The van der Waals surface area contributed by atoms with E-state index in [9.17, 15) is 4.79 Å². The van der Waals surface area contributed by atoms with Gasteiger partial charge in [0.15, 0.2) is 0 Å². The molecule has 1 heterocycles. The number of anilines is 1. The van der Waals surface area contributed by atoms with Crippen molar-refractivity contribution < 1.29 is 5.11 Å². The molecule has 100 valence electrons. The molecule has 5 heteroatoms. The molecule has 0 saturated heterocycles. The highest BCUT2D eigenvalue weighted by molar-refractivity contribution is 5.34. The van der Waals surface area contributed by atoms with Crippen molar-refractivity contribution in [1.82, 2.24) is 9.97 Å². The third-order valence-electron chi connectivity index (χ3n) is 3.41. The quantitative estimate of drug-likeness (QED) is 0.685. The largest absolute Gasteiger partial charge is 0.396 e. The first-order valence-electron chi connectivity index (χ1n) is 6.69. The zero-order valence-electron chi connectivity index (χ0n) is 10.8. The van der Waals surface area contributed by atoms with Crippen LogP contribution in [0.2, 0.25) is 0 Å². The molecule has 1 aliphatic rings. The van der Waals surface area contributed by atoms with Crippen LogP contribution in [-0.4, -0.2) is 28.2 Å². The molecule has 1 atom stereocenters. The summed E-state index contributed by atoms with van der Waals surface area (Å²) in [6, 6.07) is 1.50. The summed E-state index contributed by atoms with van der Waals surface area (Å²) in [6.45, 7) is 3.05. The van der Waals surface area contributed by atoms with Crippen molar-refractivity contribution in [1.29, 1.82) is 0 Å². The molecule has 0 amide bonds. The van der Waals surface area contributed by atoms with E-state index in [1.807, 2.05) is 0 Å². The van der Waals surface area contributed by atoms with Gasteiger partial charge in [0.2, 0.25) is 0 Å². The first-order valence-corrected chi connectivity index (χ1v) is 6.69. The van der Waals surface area contributed by atoms with Crippen LogP contribution in [0.3, 0.4) is 0 Å². The van der Waals surface area contributed by atoms with Gasteiger partial charge in [-0.2, -0.15) is 0 Å². The lowest BCUT2D eigenvalue weighted by Crippen LogP contribution is -2.18. The van der Waals surface area contributed by atoms with Crippen LogP contribution in [0.4, 0.5) is 5.82 Å². The number of aliphatic hydroxyl groups is 1. The normalized spacial score (nSPS) is 16.6. The van der Waals surface area contributed by atoms with E-state index in [-0.39, 0.29) is 12.2 Å².